The van der Waals surface area contributed by atoms with Crippen LogP contribution >= 0.6 is 23.1 Å². The van der Waals surface area contributed by atoms with Crippen molar-refractivity contribution in [1.82, 2.24) is 4.98 Å². The summed E-state index contributed by atoms with van der Waals surface area (Å²) in [6.45, 7) is 2.01. The largest absolute Gasteiger partial charge is 0.497 e. The van der Waals surface area contributed by atoms with E-state index >= 15 is 0 Å². The van der Waals surface area contributed by atoms with Crippen molar-refractivity contribution in [3.05, 3.63) is 53.0 Å². The third-order valence-corrected chi connectivity index (χ3v) is 6.16. The third kappa shape index (κ3) is 2.65. The standard InChI is InChI=1S/C18H16N2O2S2/c1-11-9-19-18(24-11)20-16(21)10-23-17(20)14-4-3-13-8-15(22-2)6-5-12(13)7-14/h3-9,17H,10H2,1-2H3. The molecule has 4 rings (SSSR count). The number of thiazole rings is 1. The Hall–Kier alpha value is -2.05. The van der Waals surface area contributed by atoms with Gasteiger partial charge in [0, 0.05) is 11.1 Å². The van der Waals surface area contributed by atoms with Gasteiger partial charge in [-0.2, -0.15) is 0 Å². The Morgan fingerprint density at radius 2 is 2.00 bits per heavy atom. The number of fused-ring (bicyclic) bond motifs is 1. The fraction of sp³-hybridized carbons (Fsp3) is 0.222. The summed E-state index contributed by atoms with van der Waals surface area (Å²) in [5.74, 6) is 1.46. The van der Waals surface area contributed by atoms with Crippen LogP contribution in [0.2, 0.25) is 0 Å². The summed E-state index contributed by atoms with van der Waals surface area (Å²) >= 11 is 3.21. The maximum atomic E-state index is 12.4. The van der Waals surface area contributed by atoms with E-state index in [1.54, 1.807) is 30.2 Å². The van der Waals surface area contributed by atoms with Gasteiger partial charge in [-0.25, -0.2) is 4.98 Å². The van der Waals surface area contributed by atoms with Crippen molar-refractivity contribution < 1.29 is 9.53 Å². The molecule has 0 spiro atoms. The van der Waals surface area contributed by atoms with Crippen molar-refractivity contribution in [3.63, 3.8) is 0 Å². The molecule has 0 N–H and O–H groups in total. The Balaban J connectivity index is 1.74. The van der Waals surface area contributed by atoms with Gasteiger partial charge in [-0.1, -0.05) is 18.2 Å². The molecule has 3 aromatic rings. The second-order valence-electron chi connectivity index (χ2n) is 5.65. The number of rotatable bonds is 3. The molecule has 1 saturated heterocycles. The van der Waals surface area contributed by atoms with Gasteiger partial charge in [-0.05, 0) is 41.5 Å². The van der Waals surface area contributed by atoms with Gasteiger partial charge in [-0.3, -0.25) is 9.69 Å². The molecule has 2 aromatic carbocycles. The van der Waals surface area contributed by atoms with Crippen LogP contribution in [0.25, 0.3) is 10.8 Å². The van der Waals surface area contributed by atoms with Gasteiger partial charge in [-0.15, -0.1) is 23.1 Å². The third-order valence-electron chi connectivity index (χ3n) is 4.04. The first kappa shape index (κ1) is 15.5. The monoisotopic (exact) mass is 356 g/mol. The van der Waals surface area contributed by atoms with Crippen molar-refractivity contribution in [3.8, 4) is 5.75 Å². The van der Waals surface area contributed by atoms with Gasteiger partial charge in [0.1, 0.15) is 11.1 Å². The number of anilines is 1. The number of hydrogen-bond donors (Lipinski definition) is 0. The average molecular weight is 356 g/mol. The van der Waals surface area contributed by atoms with Gasteiger partial charge in [0.25, 0.3) is 0 Å². The molecule has 1 aliphatic heterocycles. The van der Waals surface area contributed by atoms with E-state index in [1.807, 2.05) is 30.2 Å². The van der Waals surface area contributed by atoms with Gasteiger partial charge in [0.15, 0.2) is 5.13 Å². The van der Waals surface area contributed by atoms with Crippen molar-refractivity contribution in [2.24, 2.45) is 0 Å². The number of aryl methyl sites for hydroxylation is 1. The second-order valence-corrected chi connectivity index (χ2v) is 7.93. The lowest BCUT2D eigenvalue weighted by atomic mass is 10.1. The summed E-state index contributed by atoms with van der Waals surface area (Å²) in [4.78, 5) is 19.7. The predicted molar refractivity (Wildman–Crippen MR) is 100 cm³/mol. The van der Waals surface area contributed by atoms with Crippen molar-refractivity contribution >= 4 is 44.9 Å². The van der Waals surface area contributed by atoms with Crippen molar-refractivity contribution in [2.45, 2.75) is 12.3 Å². The molecule has 122 valence electrons. The number of methoxy groups -OCH3 is 1. The zero-order valence-corrected chi connectivity index (χ0v) is 15.0. The topological polar surface area (TPSA) is 42.4 Å². The lowest BCUT2D eigenvalue weighted by Gasteiger charge is -2.21. The highest BCUT2D eigenvalue weighted by Gasteiger charge is 2.35. The van der Waals surface area contributed by atoms with E-state index in [4.69, 9.17) is 4.74 Å². The van der Waals surface area contributed by atoms with E-state index in [0.29, 0.717) is 5.75 Å². The lowest BCUT2D eigenvalue weighted by Crippen LogP contribution is -2.27. The maximum absolute atomic E-state index is 12.4. The molecule has 1 amide bonds. The molecule has 4 nitrogen and oxygen atoms in total. The van der Waals surface area contributed by atoms with Gasteiger partial charge < -0.3 is 4.74 Å². The average Bonchev–Trinajstić information content (AvgIpc) is 3.19. The molecule has 0 radical (unpaired) electrons. The number of amides is 1. The summed E-state index contributed by atoms with van der Waals surface area (Å²) in [5, 5.41) is 3.03. The first-order valence-electron chi connectivity index (χ1n) is 7.59. The number of benzene rings is 2. The summed E-state index contributed by atoms with van der Waals surface area (Å²) in [7, 11) is 1.67. The second kappa shape index (κ2) is 6.11. The summed E-state index contributed by atoms with van der Waals surface area (Å²) in [5.41, 5.74) is 1.12. The Labute approximate surface area is 148 Å². The fourth-order valence-corrected chi connectivity index (χ4v) is 4.87. The van der Waals surface area contributed by atoms with Crippen molar-refractivity contribution in [2.75, 3.05) is 17.8 Å². The maximum Gasteiger partial charge on any atom is 0.240 e. The molecule has 1 aromatic heterocycles. The van der Waals surface area contributed by atoms with E-state index in [2.05, 4.69) is 29.2 Å². The number of carbonyl (C=O) groups is 1. The molecule has 2 heterocycles. The molecular weight excluding hydrogens is 340 g/mol. The number of aromatic nitrogens is 1. The fourth-order valence-electron chi connectivity index (χ4n) is 2.85. The normalized spacial score (nSPS) is 17.7. The van der Waals surface area contributed by atoms with Crippen LogP contribution in [0.15, 0.2) is 42.6 Å². The molecular formula is C18H16N2O2S2. The van der Waals surface area contributed by atoms with E-state index in [-0.39, 0.29) is 11.3 Å². The van der Waals surface area contributed by atoms with Crippen LogP contribution in [-0.2, 0) is 4.79 Å². The molecule has 0 aliphatic carbocycles. The zero-order chi connectivity index (χ0) is 16.7. The molecule has 6 heteroatoms. The van der Waals surface area contributed by atoms with E-state index < -0.39 is 0 Å². The molecule has 1 aliphatic rings. The molecule has 1 fully saturated rings. The van der Waals surface area contributed by atoms with E-state index in [1.165, 1.54) is 0 Å². The SMILES string of the molecule is COc1ccc2cc(C3SCC(=O)N3c3ncc(C)s3)ccc2c1. The van der Waals surface area contributed by atoms with E-state index in [0.717, 1.165) is 32.1 Å². The minimum Gasteiger partial charge on any atom is -0.497 e. The number of nitrogens with zero attached hydrogens (tertiary/aromatic N) is 2. The summed E-state index contributed by atoms with van der Waals surface area (Å²) in [6.07, 6.45) is 1.82. The number of carbonyl (C=O) groups excluding carboxylic acids is 1. The first-order valence-corrected chi connectivity index (χ1v) is 9.46. The summed E-state index contributed by atoms with van der Waals surface area (Å²) in [6, 6.07) is 12.4. The smallest absolute Gasteiger partial charge is 0.240 e. The van der Waals surface area contributed by atoms with Gasteiger partial charge in [0.05, 0.1) is 12.9 Å². The number of hydrogen-bond acceptors (Lipinski definition) is 5. The lowest BCUT2D eigenvalue weighted by molar-refractivity contribution is -0.115. The molecule has 24 heavy (non-hydrogen) atoms. The van der Waals surface area contributed by atoms with Gasteiger partial charge >= 0.3 is 0 Å². The quantitative estimate of drug-likeness (QED) is 0.698. The Morgan fingerprint density at radius 1 is 1.21 bits per heavy atom. The molecule has 1 unspecified atom stereocenters. The van der Waals surface area contributed by atoms with E-state index in [9.17, 15) is 4.79 Å². The van der Waals surface area contributed by atoms with Crippen LogP contribution in [0.3, 0.4) is 0 Å². The zero-order valence-electron chi connectivity index (χ0n) is 13.4. The predicted octanol–water partition coefficient (Wildman–Crippen LogP) is 4.39. The number of ether oxygens (including phenoxy) is 1. The molecule has 0 saturated carbocycles. The Kier molecular flexibility index (Phi) is 3.94. The Morgan fingerprint density at radius 3 is 2.75 bits per heavy atom. The number of thioether (sulfide) groups is 1. The highest BCUT2D eigenvalue weighted by Crippen LogP contribution is 2.43. The molecule has 0 bridgehead atoms. The van der Waals surface area contributed by atoms with Crippen LogP contribution < -0.4 is 9.64 Å². The molecule has 1 atom stereocenters. The van der Waals surface area contributed by atoms with Crippen LogP contribution in [0.5, 0.6) is 5.75 Å². The van der Waals surface area contributed by atoms with Crippen molar-refractivity contribution in [1.29, 1.82) is 0 Å². The van der Waals surface area contributed by atoms with Gasteiger partial charge in [0.2, 0.25) is 5.91 Å². The minimum atomic E-state index is -0.0189. The minimum absolute atomic E-state index is 0.0189. The van der Waals surface area contributed by atoms with Crippen LogP contribution in [0.1, 0.15) is 15.8 Å². The Bertz CT molecular complexity index is 922. The van der Waals surface area contributed by atoms with Crippen LogP contribution in [0, 0.1) is 6.92 Å². The first-order chi connectivity index (χ1) is 11.7. The summed E-state index contributed by atoms with van der Waals surface area (Å²) < 4.78 is 5.28. The van der Waals surface area contributed by atoms with Crippen LogP contribution in [-0.4, -0.2) is 23.8 Å². The highest BCUT2D eigenvalue weighted by atomic mass is 32.2. The highest BCUT2D eigenvalue weighted by molar-refractivity contribution is 8.00. The van der Waals surface area contributed by atoms with Crippen LogP contribution in [0.4, 0.5) is 5.13 Å².